The molecule has 1 aliphatic heterocycles. The molecule has 42 heavy (non-hydrogen) atoms. The van der Waals surface area contributed by atoms with Gasteiger partial charge in [0.05, 0.1) is 39.6 Å². The van der Waals surface area contributed by atoms with Gasteiger partial charge in [-0.1, -0.05) is 36.4 Å². The summed E-state index contributed by atoms with van der Waals surface area (Å²) in [7, 11) is 0. The maximum Gasteiger partial charge on any atom is 0.266 e. The molecule has 5 aromatic rings. The summed E-state index contributed by atoms with van der Waals surface area (Å²) < 4.78 is 0. The van der Waals surface area contributed by atoms with Gasteiger partial charge in [0.25, 0.3) is 17.7 Å². The lowest BCUT2D eigenvalue weighted by atomic mass is 10.1. The summed E-state index contributed by atoms with van der Waals surface area (Å²) in [6.07, 6.45) is 0. The first kappa shape index (κ1) is 26.1. The number of benzene rings is 5. The molecule has 0 saturated heterocycles. The third kappa shape index (κ3) is 5.61. The predicted molar refractivity (Wildman–Crippen MR) is 160 cm³/mol. The van der Waals surface area contributed by atoms with Crippen molar-refractivity contribution in [1.82, 2.24) is 0 Å². The number of nitrogens with zero attached hydrogens (tertiary/aromatic N) is 5. The summed E-state index contributed by atoms with van der Waals surface area (Å²) in [5.74, 6) is -1.37. The van der Waals surface area contributed by atoms with Crippen molar-refractivity contribution in [2.45, 2.75) is 0 Å². The summed E-state index contributed by atoms with van der Waals surface area (Å²) in [6.45, 7) is 0. The predicted octanol–water partition coefficient (Wildman–Crippen LogP) is 8.57. The highest BCUT2D eigenvalue weighted by Crippen LogP contribution is 2.31. The molecule has 0 unspecified atom stereocenters. The molecule has 0 radical (unpaired) electrons. The molecule has 0 bridgehead atoms. The number of azo groups is 2. The Kier molecular flexibility index (Phi) is 7.20. The van der Waals surface area contributed by atoms with Gasteiger partial charge in [-0.2, -0.15) is 20.5 Å². The van der Waals surface area contributed by atoms with E-state index in [-0.39, 0.29) is 16.7 Å². The average Bonchev–Trinajstić information content (AvgIpc) is 3.29. The van der Waals surface area contributed by atoms with Crippen molar-refractivity contribution in [1.29, 1.82) is 0 Å². The van der Waals surface area contributed by atoms with Crippen molar-refractivity contribution in [3.63, 3.8) is 0 Å². The van der Waals surface area contributed by atoms with E-state index in [0.29, 0.717) is 28.4 Å². The fourth-order valence-corrected chi connectivity index (χ4v) is 4.32. The van der Waals surface area contributed by atoms with Crippen LogP contribution in [0.15, 0.2) is 148 Å². The van der Waals surface area contributed by atoms with Crippen LogP contribution in [-0.2, 0) is 0 Å². The number of anilines is 2. The molecular formula is C33H22N6O3. The Morgan fingerprint density at radius 2 is 1.00 bits per heavy atom. The number of nitrogens with one attached hydrogen (secondary N) is 1. The first-order valence-corrected chi connectivity index (χ1v) is 13.0. The molecule has 9 nitrogen and oxygen atoms in total. The fraction of sp³-hybridized carbons (Fsp3) is 0. The molecule has 0 fully saturated rings. The standard InChI is InChI=1S/C33H22N6O3/c40-31(34-23-12-14-26(15-13-23)37-35-24-7-3-1-4-8-24)22-11-20-29-30(21-22)33(42)39(32(29)41)28-18-16-27(17-19-28)38-36-25-9-5-2-6-10-25/h1-21H,(H,34,40). The van der Waals surface area contributed by atoms with Crippen LogP contribution in [0.2, 0.25) is 0 Å². The zero-order valence-corrected chi connectivity index (χ0v) is 22.1. The molecule has 1 aliphatic rings. The molecule has 5 aromatic carbocycles. The second-order valence-corrected chi connectivity index (χ2v) is 9.29. The van der Waals surface area contributed by atoms with E-state index in [1.54, 1.807) is 48.5 Å². The normalized spacial score (nSPS) is 12.7. The van der Waals surface area contributed by atoms with E-state index < -0.39 is 17.7 Å². The zero-order valence-electron chi connectivity index (χ0n) is 22.1. The number of rotatable bonds is 7. The van der Waals surface area contributed by atoms with Gasteiger partial charge in [0, 0.05) is 11.3 Å². The van der Waals surface area contributed by atoms with Crippen LogP contribution in [-0.4, -0.2) is 17.7 Å². The van der Waals surface area contributed by atoms with Gasteiger partial charge < -0.3 is 5.32 Å². The lowest BCUT2D eigenvalue weighted by Gasteiger charge is -2.13. The SMILES string of the molecule is O=C(Nc1ccc(N=Nc2ccccc2)cc1)c1ccc2c(c1)C(=O)N(c1ccc(N=Nc3ccccc3)cc1)C2=O. The van der Waals surface area contributed by atoms with Crippen LogP contribution in [0.25, 0.3) is 0 Å². The second-order valence-electron chi connectivity index (χ2n) is 9.29. The molecule has 6 rings (SSSR count). The van der Waals surface area contributed by atoms with Crippen molar-refractivity contribution in [2.24, 2.45) is 20.5 Å². The lowest BCUT2D eigenvalue weighted by Crippen LogP contribution is -2.29. The molecule has 202 valence electrons. The summed E-state index contributed by atoms with van der Waals surface area (Å²) in [6, 6.07) is 36.7. The van der Waals surface area contributed by atoms with E-state index >= 15 is 0 Å². The van der Waals surface area contributed by atoms with Gasteiger partial charge in [-0.15, -0.1) is 0 Å². The van der Waals surface area contributed by atoms with Crippen molar-refractivity contribution in [3.05, 3.63) is 144 Å². The van der Waals surface area contributed by atoms with Crippen LogP contribution in [0.4, 0.5) is 34.1 Å². The van der Waals surface area contributed by atoms with E-state index in [4.69, 9.17) is 0 Å². The molecule has 1 N–H and O–H groups in total. The van der Waals surface area contributed by atoms with E-state index in [0.717, 1.165) is 10.6 Å². The van der Waals surface area contributed by atoms with E-state index in [2.05, 4.69) is 25.8 Å². The summed E-state index contributed by atoms with van der Waals surface area (Å²) in [5.41, 5.74) is 4.25. The average molecular weight is 551 g/mol. The molecule has 0 saturated carbocycles. The van der Waals surface area contributed by atoms with E-state index in [1.807, 2.05) is 60.7 Å². The Labute approximate surface area is 240 Å². The Morgan fingerprint density at radius 3 is 1.55 bits per heavy atom. The lowest BCUT2D eigenvalue weighted by molar-refractivity contribution is 0.0925. The van der Waals surface area contributed by atoms with Crippen LogP contribution >= 0.6 is 0 Å². The second kappa shape index (κ2) is 11.6. The molecule has 0 spiro atoms. The Morgan fingerprint density at radius 1 is 0.524 bits per heavy atom. The van der Waals surface area contributed by atoms with Crippen LogP contribution in [0, 0.1) is 0 Å². The third-order valence-corrected chi connectivity index (χ3v) is 6.46. The topological polar surface area (TPSA) is 116 Å². The molecule has 0 atom stereocenters. The Balaban J connectivity index is 1.13. The first-order chi connectivity index (χ1) is 20.5. The number of carbonyl (C=O) groups is 3. The van der Waals surface area contributed by atoms with Gasteiger partial charge in [-0.05, 0) is 91.0 Å². The minimum absolute atomic E-state index is 0.164. The molecule has 1 heterocycles. The molecule has 3 amide bonds. The highest BCUT2D eigenvalue weighted by molar-refractivity contribution is 6.34. The van der Waals surface area contributed by atoms with E-state index in [9.17, 15) is 14.4 Å². The van der Waals surface area contributed by atoms with Gasteiger partial charge in [0.2, 0.25) is 0 Å². The summed E-state index contributed by atoms with van der Waals surface area (Å²) in [4.78, 5) is 40.4. The molecule has 9 heteroatoms. The fourth-order valence-electron chi connectivity index (χ4n) is 4.32. The summed E-state index contributed by atoms with van der Waals surface area (Å²) in [5, 5.41) is 19.6. The molecular weight excluding hydrogens is 528 g/mol. The minimum atomic E-state index is -0.503. The van der Waals surface area contributed by atoms with Gasteiger partial charge in [0.15, 0.2) is 0 Å². The van der Waals surface area contributed by atoms with Crippen molar-refractivity contribution >= 4 is 51.8 Å². The minimum Gasteiger partial charge on any atom is -0.322 e. The number of fused-ring (bicyclic) bond motifs is 1. The number of amides is 3. The summed E-state index contributed by atoms with van der Waals surface area (Å²) >= 11 is 0. The number of hydrogen-bond donors (Lipinski definition) is 1. The van der Waals surface area contributed by atoms with Gasteiger partial charge in [-0.25, -0.2) is 4.90 Å². The quantitative estimate of drug-likeness (QED) is 0.162. The molecule has 0 aromatic heterocycles. The van der Waals surface area contributed by atoms with Crippen molar-refractivity contribution in [3.8, 4) is 0 Å². The van der Waals surface area contributed by atoms with Crippen LogP contribution in [0.1, 0.15) is 31.1 Å². The Bertz CT molecular complexity index is 1840. The third-order valence-electron chi connectivity index (χ3n) is 6.46. The van der Waals surface area contributed by atoms with Gasteiger partial charge in [-0.3, -0.25) is 14.4 Å². The smallest absolute Gasteiger partial charge is 0.266 e. The molecule has 0 aliphatic carbocycles. The monoisotopic (exact) mass is 550 g/mol. The largest absolute Gasteiger partial charge is 0.322 e. The van der Waals surface area contributed by atoms with E-state index in [1.165, 1.54) is 18.2 Å². The number of imide groups is 1. The van der Waals surface area contributed by atoms with Crippen molar-refractivity contribution < 1.29 is 14.4 Å². The highest BCUT2D eigenvalue weighted by atomic mass is 16.2. The van der Waals surface area contributed by atoms with Crippen molar-refractivity contribution in [2.75, 3.05) is 10.2 Å². The highest BCUT2D eigenvalue weighted by Gasteiger charge is 2.37. The van der Waals surface area contributed by atoms with Crippen LogP contribution < -0.4 is 10.2 Å². The van der Waals surface area contributed by atoms with Gasteiger partial charge >= 0.3 is 0 Å². The number of hydrogen-bond acceptors (Lipinski definition) is 7. The maximum atomic E-state index is 13.3. The first-order valence-electron chi connectivity index (χ1n) is 13.0. The van der Waals surface area contributed by atoms with Crippen LogP contribution in [0.3, 0.4) is 0 Å². The van der Waals surface area contributed by atoms with Gasteiger partial charge in [0.1, 0.15) is 0 Å². The maximum absolute atomic E-state index is 13.3. The Hall–Kier alpha value is -6.09. The van der Waals surface area contributed by atoms with Crippen LogP contribution in [0.5, 0.6) is 0 Å². The number of carbonyl (C=O) groups excluding carboxylic acids is 3. The zero-order chi connectivity index (χ0) is 28.9.